The largest absolute Gasteiger partial charge is 0.465 e. The maximum absolute atomic E-state index is 11.5. The van der Waals surface area contributed by atoms with E-state index in [0.717, 1.165) is 22.0 Å². The van der Waals surface area contributed by atoms with Crippen LogP contribution in [0.25, 0.3) is 0 Å². The Balaban J connectivity index is 0.00000324. The van der Waals surface area contributed by atoms with E-state index in [-0.39, 0.29) is 18.4 Å². The molecule has 0 amide bonds. The molecule has 0 aliphatic heterocycles. The summed E-state index contributed by atoms with van der Waals surface area (Å²) in [6.45, 7) is 2.11. The van der Waals surface area contributed by atoms with Gasteiger partial charge in [-0.15, -0.1) is 12.4 Å². The number of carbonyl (C=O) groups excluding carboxylic acids is 1. The topological polar surface area (TPSA) is 78.3 Å². The monoisotopic (exact) mass is 622 g/mol. The summed E-state index contributed by atoms with van der Waals surface area (Å²) in [5.74, 6) is -0.374. The lowest BCUT2D eigenvalue weighted by molar-refractivity contribution is -0.144. The lowest BCUT2D eigenvalue weighted by atomic mass is 10.1. The number of nitrogen functional groups attached to an aromatic ring is 1. The minimum Gasteiger partial charge on any atom is -0.465 e. The molecule has 1 aromatic carbocycles. The van der Waals surface area contributed by atoms with Gasteiger partial charge in [0.25, 0.3) is 0 Å². The van der Waals surface area contributed by atoms with E-state index in [4.69, 9.17) is 16.2 Å². The molecule has 0 fully saturated rings. The van der Waals surface area contributed by atoms with Crippen LogP contribution in [0.2, 0.25) is 0 Å². The van der Waals surface area contributed by atoms with Gasteiger partial charge in [-0.2, -0.15) is 0 Å². The van der Waals surface area contributed by atoms with Crippen molar-refractivity contribution in [1.82, 2.24) is 0 Å². The molecule has 0 saturated heterocycles. The van der Waals surface area contributed by atoms with Gasteiger partial charge < -0.3 is 16.2 Å². The first kappa shape index (κ1) is 19.9. The van der Waals surface area contributed by atoms with Gasteiger partial charge in [-0.05, 0) is 86.3 Å². The molecule has 0 heterocycles. The van der Waals surface area contributed by atoms with Crippen LogP contribution >= 0.6 is 80.2 Å². The fourth-order valence-corrected chi connectivity index (χ4v) is 5.20. The van der Waals surface area contributed by atoms with Crippen molar-refractivity contribution in [3.63, 3.8) is 0 Å². The van der Waals surface area contributed by atoms with E-state index in [1.807, 2.05) is 6.07 Å². The molecular weight excluding hydrogens is 608 g/mol. The van der Waals surface area contributed by atoms with E-state index in [2.05, 4.69) is 67.8 Å². The molecule has 0 radical (unpaired) electrons. The number of anilines is 1. The first-order valence-corrected chi connectivity index (χ1v) is 8.46. The third-order valence-corrected chi connectivity index (χ3v) is 5.40. The number of esters is 1. The Morgan fingerprint density at radius 3 is 2.47 bits per heavy atom. The summed E-state index contributed by atoms with van der Waals surface area (Å²) < 4.78 is 7.94. The number of hydrogen-bond acceptors (Lipinski definition) is 4. The molecule has 0 aliphatic carbocycles. The second-order valence-electron chi connectivity index (χ2n) is 3.61. The molecule has 0 spiro atoms. The van der Waals surface area contributed by atoms with Crippen LogP contribution in [0.1, 0.15) is 12.5 Å². The van der Waals surface area contributed by atoms with E-state index >= 15 is 0 Å². The lowest BCUT2D eigenvalue weighted by Crippen LogP contribution is -2.35. The Labute approximate surface area is 159 Å². The average Bonchev–Trinajstić information content (AvgIpc) is 2.32. The summed E-state index contributed by atoms with van der Waals surface area (Å²) in [6.07, 6.45) is 0.441. The molecule has 0 aromatic heterocycles. The number of carbonyl (C=O) groups is 1. The summed E-state index contributed by atoms with van der Waals surface area (Å²) in [4.78, 5) is 11.5. The number of nitrogens with two attached hydrogens (primary N) is 2. The second kappa shape index (κ2) is 9.05. The molecule has 108 valence electrons. The van der Waals surface area contributed by atoms with Gasteiger partial charge in [0, 0.05) is 17.1 Å². The van der Waals surface area contributed by atoms with E-state index in [1.54, 1.807) is 6.92 Å². The molecule has 0 unspecified atom stereocenters. The van der Waals surface area contributed by atoms with Crippen molar-refractivity contribution in [2.24, 2.45) is 5.73 Å². The molecular formula is C11H14ClI3N2O2. The summed E-state index contributed by atoms with van der Waals surface area (Å²) in [7, 11) is 0. The smallest absolute Gasteiger partial charge is 0.323 e. The van der Waals surface area contributed by atoms with Gasteiger partial charge in [-0.25, -0.2) is 0 Å². The Kier molecular flexibility index (Phi) is 9.49. The van der Waals surface area contributed by atoms with Gasteiger partial charge in [0.05, 0.1) is 12.3 Å². The highest BCUT2D eigenvalue weighted by molar-refractivity contribution is 14.1. The molecule has 1 atom stereocenters. The van der Waals surface area contributed by atoms with Gasteiger partial charge in [0.1, 0.15) is 6.04 Å². The maximum Gasteiger partial charge on any atom is 0.323 e. The van der Waals surface area contributed by atoms with Crippen molar-refractivity contribution in [2.45, 2.75) is 19.4 Å². The normalized spacial score (nSPS) is 11.6. The molecule has 1 aromatic rings. The third-order valence-electron chi connectivity index (χ3n) is 2.31. The zero-order valence-corrected chi connectivity index (χ0v) is 17.4. The molecule has 0 bridgehead atoms. The standard InChI is InChI=1S/C11H13I3N2O2.ClH/c1-2-18-11(17)8(15)3-5-6(12)4-7(13)10(16)9(5)14;/h4,8H,2-3,15-16H2,1H3;1H/t8-;/m0./s1. The van der Waals surface area contributed by atoms with E-state index in [0.29, 0.717) is 13.0 Å². The van der Waals surface area contributed by atoms with Crippen LogP contribution in [0, 0.1) is 10.7 Å². The molecule has 19 heavy (non-hydrogen) atoms. The van der Waals surface area contributed by atoms with E-state index < -0.39 is 6.04 Å². The van der Waals surface area contributed by atoms with Crippen LogP contribution in [-0.2, 0) is 16.0 Å². The fourth-order valence-electron chi connectivity index (χ4n) is 1.39. The van der Waals surface area contributed by atoms with Crippen molar-refractivity contribution in [3.8, 4) is 0 Å². The van der Waals surface area contributed by atoms with E-state index in [9.17, 15) is 4.79 Å². The minimum atomic E-state index is -0.647. The van der Waals surface area contributed by atoms with Crippen molar-refractivity contribution in [3.05, 3.63) is 22.3 Å². The van der Waals surface area contributed by atoms with E-state index in [1.165, 1.54) is 0 Å². The van der Waals surface area contributed by atoms with Crippen molar-refractivity contribution in [1.29, 1.82) is 0 Å². The summed E-state index contributed by atoms with van der Waals surface area (Å²) in [5.41, 5.74) is 13.6. The molecule has 4 N–H and O–H groups in total. The van der Waals surface area contributed by atoms with Crippen molar-refractivity contribution < 1.29 is 9.53 Å². The predicted molar refractivity (Wildman–Crippen MR) is 105 cm³/mol. The quantitative estimate of drug-likeness (QED) is 0.308. The zero-order chi connectivity index (χ0) is 13.9. The molecule has 8 heteroatoms. The third kappa shape index (κ3) is 5.32. The van der Waals surface area contributed by atoms with Gasteiger partial charge in [0.15, 0.2) is 0 Å². The number of hydrogen-bond donors (Lipinski definition) is 2. The second-order valence-corrected chi connectivity index (χ2v) is 7.01. The molecule has 4 nitrogen and oxygen atoms in total. The number of benzene rings is 1. The number of rotatable bonds is 4. The molecule has 0 aliphatic rings. The maximum atomic E-state index is 11.5. The highest BCUT2D eigenvalue weighted by atomic mass is 127. The van der Waals surface area contributed by atoms with Gasteiger partial charge in [-0.1, -0.05) is 0 Å². The van der Waals surface area contributed by atoms with Crippen molar-refractivity contribution in [2.75, 3.05) is 12.3 Å². The molecule has 1 rings (SSSR count). The predicted octanol–water partition coefficient (Wildman–Crippen LogP) is 2.94. The Bertz CT molecular complexity index is 472. The minimum absolute atomic E-state index is 0. The van der Waals surface area contributed by atoms with Crippen LogP contribution in [0.3, 0.4) is 0 Å². The highest BCUT2D eigenvalue weighted by Crippen LogP contribution is 2.30. The Morgan fingerprint density at radius 1 is 1.37 bits per heavy atom. The van der Waals surface area contributed by atoms with Crippen LogP contribution < -0.4 is 11.5 Å². The van der Waals surface area contributed by atoms with Crippen molar-refractivity contribution >= 4 is 91.8 Å². The van der Waals surface area contributed by atoms with Crippen LogP contribution in [-0.4, -0.2) is 18.6 Å². The zero-order valence-electron chi connectivity index (χ0n) is 10.1. The van der Waals surface area contributed by atoms with Crippen LogP contribution in [0.5, 0.6) is 0 Å². The summed E-state index contributed by atoms with van der Waals surface area (Å²) in [5, 5.41) is 0. The SMILES string of the molecule is CCOC(=O)[C@@H](N)Cc1c(I)cc(I)c(N)c1I.Cl. The Hall–Kier alpha value is 0.930. The summed E-state index contributed by atoms with van der Waals surface area (Å²) >= 11 is 6.62. The number of ether oxygens (including phenoxy) is 1. The van der Waals surface area contributed by atoms with Gasteiger partial charge in [-0.3, -0.25) is 4.79 Å². The van der Waals surface area contributed by atoms with Gasteiger partial charge in [0.2, 0.25) is 0 Å². The first-order chi connectivity index (χ1) is 8.38. The van der Waals surface area contributed by atoms with Gasteiger partial charge >= 0.3 is 5.97 Å². The summed E-state index contributed by atoms with van der Waals surface area (Å²) in [6, 6.07) is 1.35. The average molecular weight is 622 g/mol. The first-order valence-electron chi connectivity index (χ1n) is 5.22. The Morgan fingerprint density at radius 2 is 1.95 bits per heavy atom. The van der Waals surface area contributed by atoms with Crippen LogP contribution in [0.4, 0.5) is 5.69 Å². The van der Waals surface area contributed by atoms with Crippen LogP contribution in [0.15, 0.2) is 6.07 Å². The molecule has 0 saturated carbocycles. The fraction of sp³-hybridized carbons (Fsp3) is 0.364. The number of halogens is 4. The lowest BCUT2D eigenvalue weighted by Gasteiger charge is -2.15. The highest BCUT2D eigenvalue weighted by Gasteiger charge is 2.20.